The predicted octanol–water partition coefficient (Wildman–Crippen LogP) is 5.01. The highest BCUT2D eigenvalue weighted by molar-refractivity contribution is 5.36. The molecule has 114 valence electrons. The molecule has 1 N–H and O–H groups in total. The molecule has 1 rings (SSSR count). The van der Waals surface area contributed by atoms with E-state index in [2.05, 4.69) is 44.3 Å². The standard InChI is InChI=1S/C18H31NO/c1-5-7-8-9-10-11-18(19-6-2)17-13-12-16(20-4)14-15(17)3/h12-14,18-19H,5-11H2,1-4H3. The molecule has 1 atom stereocenters. The minimum absolute atomic E-state index is 0.479. The van der Waals surface area contributed by atoms with Crippen molar-refractivity contribution in [1.29, 1.82) is 0 Å². The van der Waals surface area contributed by atoms with Crippen LogP contribution in [0.4, 0.5) is 0 Å². The van der Waals surface area contributed by atoms with Gasteiger partial charge in [0.2, 0.25) is 0 Å². The Morgan fingerprint density at radius 1 is 1.10 bits per heavy atom. The van der Waals surface area contributed by atoms with Crippen LogP contribution < -0.4 is 10.1 Å². The SMILES string of the molecule is CCCCCCCC(NCC)c1ccc(OC)cc1C. The lowest BCUT2D eigenvalue weighted by Gasteiger charge is -2.21. The number of ether oxygens (including phenoxy) is 1. The van der Waals surface area contributed by atoms with Gasteiger partial charge in [-0.05, 0) is 43.1 Å². The van der Waals surface area contributed by atoms with Crippen LogP contribution in [0, 0.1) is 6.92 Å². The highest BCUT2D eigenvalue weighted by Gasteiger charge is 2.12. The molecule has 2 heteroatoms. The number of unbranched alkanes of at least 4 members (excludes halogenated alkanes) is 4. The van der Waals surface area contributed by atoms with Gasteiger partial charge < -0.3 is 10.1 Å². The molecule has 0 amide bonds. The van der Waals surface area contributed by atoms with E-state index in [4.69, 9.17) is 4.74 Å². The molecule has 20 heavy (non-hydrogen) atoms. The number of rotatable bonds is 10. The van der Waals surface area contributed by atoms with Crippen LogP contribution in [-0.2, 0) is 0 Å². The van der Waals surface area contributed by atoms with Crippen molar-refractivity contribution in [2.75, 3.05) is 13.7 Å². The molecular weight excluding hydrogens is 246 g/mol. The second-order valence-corrected chi connectivity index (χ2v) is 5.54. The second kappa shape index (κ2) is 9.82. The van der Waals surface area contributed by atoms with Crippen molar-refractivity contribution in [3.8, 4) is 5.75 Å². The van der Waals surface area contributed by atoms with Gasteiger partial charge in [-0.15, -0.1) is 0 Å². The maximum atomic E-state index is 5.29. The number of aryl methyl sites for hydroxylation is 1. The zero-order chi connectivity index (χ0) is 14.8. The Hall–Kier alpha value is -1.02. The highest BCUT2D eigenvalue weighted by atomic mass is 16.5. The molecule has 1 unspecified atom stereocenters. The Labute approximate surface area is 124 Å². The molecule has 0 heterocycles. The fourth-order valence-electron chi connectivity index (χ4n) is 2.73. The molecule has 0 aliphatic carbocycles. The topological polar surface area (TPSA) is 21.3 Å². The summed E-state index contributed by atoms with van der Waals surface area (Å²) >= 11 is 0. The van der Waals surface area contributed by atoms with Crippen molar-refractivity contribution in [2.45, 2.75) is 65.3 Å². The van der Waals surface area contributed by atoms with Gasteiger partial charge in [0.15, 0.2) is 0 Å². The number of hydrogen-bond donors (Lipinski definition) is 1. The Morgan fingerprint density at radius 2 is 1.85 bits per heavy atom. The monoisotopic (exact) mass is 277 g/mol. The van der Waals surface area contributed by atoms with Crippen molar-refractivity contribution < 1.29 is 4.74 Å². The zero-order valence-electron chi connectivity index (χ0n) is 13.7. The average molecular weight is 277 g/mol. The van der Waals surface area contributed by atoms with Crippen LogP contribution in [0.3, 0.4) is 0 Å². The first-order valence-corrected chi connectivity index (χ1v) is 8.10. The molecule has 0 radical (unpaired) electrons. The van der Waals surface area contributed by atoms with Gasteiger partial charge >= 0.3 is 0 Å². The van der Waals surface area contributed by atoms with Gasteiger partial charge in [0.05, 0.1) is 7.11 Å². The zero-order valence-corrected chi connectivity index (χ0v) is 13.7. The largest absolute Gasteiger partial charge is 0.497 e. The molecule has 2 nitrogen and oxygen atoms in total. The van der Waals surface area contributed by atoms with Gasteiger partial charge in [0.1, 0.15) is 5.75 Å². The van der Waals surface area contributed by atoms with Gasteiger partial charge in [-0.1, -0.05) is 52.0 Å². The lowest BCUT2D eigenvalue weighted by Crippen LogP contribution is -2.21. The minimum atomic E-state index is 0.479. The molecule has 0 bridgehead atoms. The summed E-state index contributed by atoms with van der Waals surface area (Å²) < 4.78 is 5.29. The third-order valence-electron chi connectivity index (χ3n) is 3.90. The summed E-state index contributed by atoms with van der Waals surface area (Å²) in [6.07, 6.45) is 7.94. The van der Waals surface area contributed by atoms with E-state index in [-0.39, 0.29) is 0 Å². The van der Waals surface area contributed by atoms with Crippen LogP contribution in [0.1, 0.15) is 69.5 Å². The van der Waals surface area contributed by atoms with E-state index in [1.54, 1.807) is 7.11 Å². The normalized spacial score (nSPS) is 12.4. The van der Waals surface area contributed by atoms with E-state index in [1.165, 1.54) is 49.7 Å². The lowest BCUT2D eigenvalue weighted by molar-refractivity contribution is 0.413. The summed E-state index contributed by atoms with van der Waals surface area (Å²) in [7, 11) is 1.73. The Balaban J connectivity index is 2.60. The van der Waals surface area contributed by atoms with E-state index in [9.17, 15) is 0 Å². The van der Waals surface area contributed by atoms with E-state index in [0.717, 1.165) is 12.3 Å². The molecule has 1 aromatic carbocycles. The lowest BCUT2D eigenvalue weighted by atomic mass is 9.96. The quantitative estimate of drug-likeness (QED) is 0.607. The van der Waals surface area contributed by atoms with Gasteiger partial charge in [0, 0.05) is 6.04 Å². The average Bonchev–Trinajstić information content (AvgIpc) is 2.46. The summed E-state index contributed by atoms with van der Waals surface area (Å²) in [6, 6.07) is 6.90. The van der Waals surface area contributed by atoms with Crippen molar-refractivity contribution in [3.05, 3.63) is 29.3 Å². The summed E-state index contributed by atoms with van der Waals surface area (Å²) in [4.78, 5) is 0. The first-order chi connectivity index (χ1) is 9.72. The van der Waals surface area contributed by atoms with Crippen LogP contribution in [0.2, 0.25) is 0 Å². The van der Waals surface area contributed by atoms with E-state index in [1.807, 2.05) is 0 Å². The summed E-state index contributed by atoms with van der Waals surface area (Å²) in [5.41, 5.74) is 2.74. The molecular formula is C18H31NO. The van der Waals surface area contributed by atoms with E-state index < -0.39 is 0 Å². The summed E-state index contributed by atoms with van der Waals surface area (Å²) in [5, 5.41) is 3.63. The van der Waals surface area contributed by atoms with E-state index in [0.29, 0.717) is 6.04 Å². The summed E-state index contributed by atoms with van der Waals surface area (Å²) in [6.45, 7) is 7.65. The minimum Gasteiger partial charge on any atom is -0.497 e. The third kappa shape index (κ3) is 5.54. The van der Waals surface area contributed by atoms with Gasteiger partial charge in [-0.3, -0.25) is 0 Å². The van der Waals surface area contributed by atoms with Crippen LogP contribution in [-0.4, -0.2) is 13.7 Å². The molecule has 0 aromatic heterocycles. The molecule has 0 spiro atoms. The van der Waals surface area contributed by atoms with E-state index >= 15 is 0 Å². The Bertz CT molecular complexity index is 376. The third-order valence-corrected chi connectivity index (χ3v) is 3.90. The van der Waals surface area contributed by atoms with Crippen molar-refractivity contribution >= 4 is 0 Å². The Morgan fingerprint density at radius 3 is 2.45 bits per heavy atom. The molecule has 0 aliphatic heterocycles. The smallest absolute Gasteiger partial charge is 0.119 e. The summed E-state index contributed by atoms with van der Waals surface area (Å²) in [5.74, 6) is 0.949. The van der Waals surface area contributed by atoms with Crippen molar-refractivity contribution in [1.82, 2.24) is 5.32 Å². The molecule has 0 aliphatic rings. The van der Waals surface area contributed by atoms with Crippen LogP contribution in [0.5, 0.6) is 5.75 Å². The van der Waals surface area contributed by atoms with Gasteiger partial charge in [-0.25, -0.2) is 0 Å². The molecule has 0 fully saturated rings. The Kier molecular flexibility index (Phi) is 8.36. The number of methoxy groups -OCH3 is 1. The second-order valence-electron chi connectivity index (χ2n) is 5.54. The fourth-order valence-corrected chi connectivity index (χ4v) is 2.73. The first-order valence-electron chi connectivity index (χ1n) is 8.10. The van der Waals surface area contributed by atoms with Gasteiger partial charge in [-0.2, -0.15) is 0 Å². The molecule has 0 saturated heterocycles. The maximum Gasteiger partial charge on any atom is 0.119 e. The van der Waals surface area contributed by atoms with Crippen LogP contribution in [0.15, 0.2) is 18.2 Å². The fraction of sp³-hybridized carbons (Fsp3) is 0.667. The van der Waals surface area contributed by atoms with Crippen LogP contribution >= 0.6 is 0 Å². The number of nitrogens with one attached hydrogen (secondary N) is 1. The van der Waals surface area contributed by atoms with Gasteiger partial charge in [0.25, 0.3) is 0 Å². The molecule has 1 aromatic rings. The number of benzene rings is 1. The predicted molar refractivity (Wildman–Crippen MR) is 87.5 cm³/mol. The van der Waals surface area contributed by atoms with Crippen molar-refractivity contribution in [2.24, 2.45) is 0 Å². The highest BCUT2D eigenvalue weighted by Crippen LogP contribution is 2.26. The molecule has 0 saturated carbocycles. The van der Waals surface area contributed by atoms with Crippen LogP contribution in [0.25, 0.3) is 0 Å². The first kappa shape index (κ1) is 17.0. The van der Waals surface area contributed by atoms with Crippen molar-refractivity contribution in [3.63, 3.8) is 0 Å². The number of hydrogen-bond acceptors (Lipinski definition) is 2. The maximum absolute atomic E-state index is 5.29.